The number of nitrogens with zero attached hydrogens (tertiary/aromatic N) is 7. The number of rotatable bonds is 10. The quantitative estimate of drug-likeness (QED) is 0.0756. The van der Waals surface area contributed by atoms with E-state index in [1.165, 1.54) is 77.0 Å². The second kappa shape index (κ2) is 24.0. The molecule has 0 radical (unpaired) electrons. The van der Waals surface area contributed by atoms with E-state index in [-0.39, 0.29) is 51.6 Å². The first-order chi connectivity index (χ1) is 36.3. The van der Waals surface area contributed by atoms with Crippen LogP contribution in [0.3, 0.4) is 0 Å². The van der Waals surface area contributed by atoms with Gasteiger partial charge in [-0.25, -0.2) is 34.9 Å². The molecule has 6 amide bonds. The van der Waals surface area contributed by atoms with Crippen molar-refractivity contribution in [2.24, 2.45) is 5.92 Å². The summed E-state index contributed by atoms with van der Waals surface area (Å²) >= 11 is 6.97. The summed E-state index contributed by atoms with van der Waals surface area (Å²) in [5.41, 5.74) is 2.26. The van der Waals surface area contributed by atoms with Gasteiger partial charge in [-0.3, -0.25) is 28.8 Å². The molecule has 9 N–H and O–H groups in total. The average Bonchev–Trinajstić information content (AvgIpc) is 4.26. The van der Waals surface area contributed by atoms with E-state index in [9.17, 15) is 44.1 Å². The lowest BCUT2D eigenvalue weighted by atomic mass is 10.1. The Bertz CT molecular complexity index is 3380. The van der Waals surface area contributed by atoms with Crippen LogP contribution in [-0.2, 0) is 9.59 Å². The van der Waals surface area contributed by atoms with Crippen LogP contribution in [-0.4, -0.2) is 117 Å². The first-order valence-electron chi connectivity index (χ1n) is 23.3. The van der Waals surface area contributed by atoms with Gasteiger partial charge in [-0.05, 0) is 52.7 Å². The summed E-state index contributed by atoms with van der Waals surface area (Å²) < 4.78 is 0. The van der Waals surface area contributed by atoms with Gasteiger partial charge in [0.25, 0.3) is 29.5 Å². The first kappa shape index (κ1) is 55.3. The van der Waals surface area contributed by atoms with Gasteiger partial charge in [0.05, 0.1) is 35.7 Å². The van der Waals surface area contributed by atoms with Crippen molar-refractivity contribution in [2.45, 2.75) is 84.9 Å². The molecule has 0 spiro atoms. The van der Waals surface area contributed by atoms with Crippen molar-refractivity contribution in [3.63, 3.8) is 0 Å². The minimum absolute atomic E-state index is 0.00119. The van der Waals surface area contributed by atoms with Crippen LogP contribution in [0.5, 0.6) is 0 Å². The average molecular weight is 1140 g/mol. The van der Waals surface area contributed by atoms with Crippen LogP contribution < -0.4 is 31.9 Å². The van der Waals surface area contributed by atoms with Gasteiger partial charge in [0.1, 0.15) is 87.7 Å². The molecule has 76 heavy (non-hydrogen) atoms. The van der Waals surface area contributed by atoms with E-state index in [0.29, 0.717) is 53.4 Å². The Kier molecular flexibility index (Phi) is 17.5. The molecule has 7 aromatic rings. The SMILES string of the molecule is C/C=C(\NC(=O)c1csc(-c2csc(-c3ccc4c(n3)-c3csc(n3)C([C@@H](C)O)NC(=O)c3csc(n3)[C@H](C(C)C)NC(=O)c3csc(n3)/C(=C/C)NC(=O)C([C@@H](C)O)NC(=O)c3csc-4n3)n2)n1)C(=O)NC[C@@H](C)O. The highest BCUT2D eigenvalue weighted by Gasteiger charge is 2.32. The Morgan fingerprint density at radius 3 is 1.78 bits per heavy atom. The van der Waals surface area contributed by atoms with Crippen LogP contribution >= 0.6 is 68.0 Å². The molecule has 1 aliphatic heterocycles. The molecule has 396 valence electrons. The molecular formula is C48H49N13O9S6. The number of pyridine rings is 1. The molecule has 0 saturated heterocycles. The Morgan fingerprint density at radius 1 is 0.605 bits per heavy atom. The summed E-state index contributed by atoms with van der Waals surface area (Å²) in [6.45, 7) is 11.4. The highest BCUT2D eigenvalue weighted by atomic mass is 32.1. The van der Waals surface area contributed by atoms with Gasteiger partial charge in [-0.2, -0.15) is 0 Å². The molecule has 0 saturated carbocycles. The molecule has 8 heterocycles. The van der Waals surface area contributed by atoms with Gasteiger partial charge in [0.2, 0.25) is 5.91 Å². The summed E-state index contributed by atoms with van der Waals surface area (Å²) in [4.78, 5) is 114. The molecular weight excluding hydrogens is 1100 g/mol. The summed E-state index contributed by atoms with van der Waals surface area (Å²) in [6, 6.07) is 0.366. The monoisotopic (exact) mass is 1140 g/mol. The number of nitrogens with one attached hydrogen (secondary N) is 6. The van der Waals surface area contributed by atoms with Crippen molar-refractivity contribution < 1.29 is 44.1 Å². The van der Waals surface area contributed by atoms with Gasteiger partial charge >= 0.3 is 0 Å². The van der Waals surface area contributed by atoms with Gasteiger partial charge < -0.3 is 47.2 Å². The molecule has 28 heteroatoms. The minimum Gasteiger partial charge on any atom is -0.392 e. The highest BCUT2D eigenvalue weighted by molar-refractivity contribution is 7.15. The summed E-state index contributed by atoms with van der Waals surface area (Å²) in [5.74, 6) is -4.00. The normalized spacial score (nSPS) is 18.5. The van der Waals surface area contributed by atoms with Gasteiger partial charge in [-0.15, -0.1) is 68.0 Å². The van der Waals surface area contributed by atoms with E-state index in [4.69, 9.17) is 15.0 Å². The van der Waals surface area contributed by atoms with Crippen molar-refractivity contribution in [3.05, 3.63) is 100 Å². The number of carbonyl (C=O) groups excluding carboxylic acids is 6. The zero-order chi connectivity index (χ0) is 54.5. The number of thiazole rings is 6. The van der Waals surface area contributed by atoms with Crippen molar-refractivity contribution in [2.75, 3.05) is 6.54 Å². The molecule has 7 aromatic heterocycles. The predicted molar refractivity (Wildman–Crippen MR) is 290 cm³/mol. The third-order valence-electron chi connectivity index (χ3n) is 11.2. The van der Waals surface area contributed by atoms with Crippen LogP contribution in [0.1, 0.15) is 118 Å². The van der Waals surface area contributed by atoms with E-state index in [1.54, 1.807) is 48.2 Å². The number of allylic oxidation sites excluding steroid dienone is 2. The third-order valence-corrected chi connectivity index (χ3v) is 16.6. The molecule has 0 aromatic carbocycles. The lowest BCUT2D eigenvalue weighted by molar-refractivity contribution is -0.124. The van der Waals surface area contributed by atoms with Gasteiger partial charge in [0.15, 0.2) is 0 Å². The molecule has 2 unspecified atom stereocenters. The van der Waals surface area contributed by atoms with Crippen LogP contribution in [0.2, 0.25) is 0 Å². The molecule has 8 rings (SSSR count). The Hall–Kier alpha value is -6.89. The first-order valence-corrected chi connectivity index (χ1v) is 28.6. The minimum atomic E-state index is -1.45. The molecule has 0 aliphatic carbocycles. The fraction of sp³-hybridized carbons (Fsp3) is 0.312. The topological polar surface area (TPSA) is 326 Å². The van der Waals surface area contributed by atoms with Crippen molar-refractivity contribution in [3.8, 4) is 43.4 Å². The number of aliphatic hydroxyl groups is 3. The highest BCUT2D eigenvalue weighted by Crippen LogP contribution is 2.38. The largest absolute Gasteiger partial charge is 0.392 e. The second-order valence-corrected chi connectivity index (χ2v) is 22.6. The van der Waals surface area contributed by atoms with Gasteiger partial charge in [-0.1, -0.05) is 26.0 Å². The van der Waals surface area contributed by atoms with Crippen LogP contribution in [0.4, 0.5) is 0 Å². The van der Waals surface area contributed by atoms with E-state index in [1.807, 2.05) is 13.8 Å². The van der Waals surface area contributed by atoms with Crippen molar-refractivity contribution in [1.29, 1.82) is 0 Å². The van der Waals surface area contributed by atoms with E-state index >= 15 is 0 Å². The maximum atomic E-state index is 13.9. The zero-order valence-corrected chi connectivity index (χ0v) is 46.3. The number of amides is 6. The van der Waals surface area contributed by atoms with Crippen LogP contribution in [0, 0.1) is 5.92 Å². The Balaban J connectivity index is 1.15. The predicted octanol–water partition coefficient (Wildman–Crippen LogP) is 5.57. The van der Waals surface area contributed by atoms with Crippen LogP contribution in [0.25, 0.3) is 49.1 Å². The van der Waals surface area contributed by atoms with Crippen molar-refractivity contribution in [1.82, 2.24) is 66.8 Å². The van der Waals surface area contributed by atoms with E-state index in [0.717, 1.165) is 34.0 Å². The smallest absolute Gasteiger partial charge is 0.275 e. The number of hydrogen-bond acceptors (Lipinski definition) is 22. The lowest BCUT2D eigenvalue weighted by Crippen LogP contribution is -2.52. The maximum absolute atomic E-state index is 13.9. The Labute approximate surface area is 458 Å². The zero-order valence-electron chi connectivity index (χ0n) is 41.4. The molecule has 22 nitrogen and oxygen atoms in total. The number of hydrogen-bond donors (Lipinski definition) is 9. The molecule has 8 bridgehead atoms. The van der Waals surface area contributed by atoms with E-state index < -0.39 is 71.9 Å². The number of carbonyl (C=O) groups is 6. The molecule has 0 fully saturated rings. The van der Waals surface area contributed by atoms with Crippen molar-refractivity contribution >= 4 is 109 Å². The molecule has 6 atom stereocenters. The van der Waals surface area contributed by atoms with E-state index in [2.05, 4.69) is 51.8 Å². The lowest BCUT2D eigenvalue weighted by Gasteiger charge is -2.21. The number of aliphatic hydroxyl groups excluding tert-OH is 3. The summed E-state index contributed by atoms with van der Waals surface area (Å²) in [6.07, 6.45) is -0.261. The molecule has 1 aliphatic rings. The summed E-state index contributed by atoms with van der Waals surface area (Å²) in [7, 11) is 0. The Morgan fingerprint density at radius 2 is 1.13 bits per heavy atom. The fourth-order valence-corrected chi connectivity index (χ4v) is 12.4. The summed E-state index contributed by atoms with van der Waals surface area (Å²) in [5, 5.41) is 59.6. The number of fused-ring (bicyclic) bond motifs is 11. The maximum Gasteiger partial charge on any atom is 0.275 e. The number of aromatic nitrogens is 7. The van der Waals surface area contributed by atoms with Crippen LogP contribution in [0.15, 0.2) is 62.3 Å². The second-order valence-electron chi connectivity index (χ2n) is 17.4. The third kappa shape index (κ3) is 12.5. The fourth-order valence-electron chi connectivity index (χ4n) is 7.20. The standard InChI is InChI=1S/C48H49N13O9S6/c1-8-24(37(65)49-12-20(5)62)51-38(66)28-15-73-46(56-28)32-18-74-45(58-32)26-11-10-23-36(50-26)27-13-75-48(53-27)35(22(7)64)61-41(69)31-17-76-47(57-31)33(19(3)4)59-39(67)30-16-72-44(55-30)25(9-2)52-42(70)34(21(6)63)60-40(68)29-14-71-43(23)54-29/h8-11,13-22,33-35,62-64H,12H2,1-7H3,(H,49,65)(H,51,66)(H,52,70)(H,59,67)(H,60,68)(H,61,69)/b24-8-,25-9-/t20-,21-,22-,33+,34?,35?/m1/s1. The van der Waals surface area contributed by atoms with Gasteiger partial charge in [0, 0.05) is 44.4 Å².